The van der Waals surface area contributed by atoms with Gasteiger partial charge in [0, 0.05) is 24.7 Å². The summed E-state index contributed by atoms with van der Waals surface area (Å²) in [7, 11) is 0. The van der Waals surface area contributed by atoms with Crippen LogP contribution in [0.2, 0.25) is 5.02 Å². The molecule has 0 aliphatic heterocycles. The van der Waals surface area contributed by atoms with Gasteiger partial charge in [-0.25, -0.2) is 4.79 Å². The van der Waals surface area contributed by atoms with Crippen molar-refractivity contribution in [3.63, 3.8) is 0 Å². The topological polar surface area (TPSA) is 32.3 Å². The van der Waals surface area contributed by atoms with Crippen molar-refractivity contribution in [2.24, 2.45) is 0 Å². The maximum Gasteiger partial charge on any atom is 0.318 e. The first-order valence-corrected chi connectivity index (χ1v) is 8.93. The molecule has 0 radical (unpaired) electrons. The number of hydrogen-bond donors (Lipinski definition) is 1. The summed E-state index contributed by atoms with van der Waals surface area (Å²) in [6.45, 7) is 1.58. The van der Waals surface area contributed by atoms with Gasteiger partial charge in [-0.1, -0.05) is 84.4 Å². The van der Waals surface area contributed by atoms with Gasteiger partial charge in [-0.2, -0.15) is 0 Å². The van der Waals surface area contributed by atoms with Crippen molar-refractivity contribution >= 4 is 17.6 Å². The van der Waals surface area contributed by atoms with Crippen molar-refractivity contribution in [1.82, 2.24) is 10.2 Å². The van der Waals surface area contributed by atoms with Crippen LogP contribution in [0.5, 0.6) is 0 Å². The third kappa shape index (κ3) is 5.36. The number of nitrogens with one attached hydrogen (secondary N) is 1. The average Bonchev–Trinajstić information content (AvgIpc) is 2.68. The molecule has 4 heteroatoms. The number of benzene rings is 3. The smallest absolute Gasteiger partial charge is 0.318 e. The highest BCUT2D eigenvalue weighted by Crippen LogP contribution is 2.12. The molecule has 0 aliphatic rings. The van der Waals surface area contributed by atoms with Gasteiger partial charge in [-0.3, -0.25) is 0 Å². The molecule has 0 saturated carbocycles. The normalized spacial score (nSPS) is 10.3. The lowest BCUT2D eigenvalue weighted by Gasteiger charge is -2.23. The van der Waals surface area contributed by atoms with E-state index in [2.05, 4.69) is 5.32 Å². The lowest BCUT2D eigenvalue weighted by molar-refractivity contribution is 0.192. The summed E-state index contributed by atoms with van der Waals surface area (Å²) < 4.78 is 0. The molecule has 0 aromatic heterocycles. The number of hydrogen-bond acceptors (Lipinski definition) is 1. The Bertz CT molecular complexity index is 778. The molecule has 1 N–H and O–H groups in total. The van der Waals surface area contributed by atoms with Crippen LogP contribution < -0.4 is 5.32 Å². The summed E-state index contributed by atoms with van der Waals surface area (Å²) in [5, 5.41) is 3.69. The zero-order valence-electron chi connectivity index (χ0n) is 14.4. The minimum Gasteiger partial charge on any atom is -0.334 e. The Morgan fingerprint density at radius 3 is 1.73 bits per heavy atom. The predicted octanol–water partition coefficient (Wildman–Crippen LogP) is 5.25. The zero-order valence-corrected chi connectivity index (χ0v) is 15.2. The summed E-state index contributed by atoms with van der Waals surface area (Å²) in [4.78, 5) is 14.6. The van der Waals surface area contributed by atoms with Crippen LogP contribution in [-0.2, 0) is 19.6 Å². The lowest BCUT2D eigenvalue weighted by atomic mass is 10.2. The van der Waals surface area contributed by atoms with E-state index < -0.39 is 0 Å². The fourth-order valence-corrected chi connectivity index (χ4v) is 2.82. The van der Waals surface area contributed by atoms with Crippen LogP contribution in [0.15, 0.2) is 84.9 Å². The van der Waals surface area contributed by atoms with Gasteiger partial charge >= 0.3 is 6.03 Å². The van der Waals surface area contributed by atoms with Crippen LogP contribution in [0.25, 0.3) is 0 Å². The fourth-order valence-electron chi connectivity index (χ4n) is 2.70. The van der Waals surface area contributed by atoms with E-state index in [4.69, 9.17) is 11.6 Å². The Balaban J connectivity index is 1.68. The average molecular weight is 365 g/mol. The second-order valence-electron chi connectivity index (χ2n) is 6.11. The molecule has 2 amide bonds. The van der Waals surface area contributed by atoms with E-state index in [1.165, 1.54) is 0 Å². The molecule has 0 saturated heterocycles. The summed E-state index contributed by atoms with van der Waals surface area (Å²) in [6, 6.07) is 27.4. The monoisotopic (exact) mass is 364 g/mol. The van der Waals surface area contributed by atoms with Crippen molar-refractivity contribution in [2.75, 3.05) is 0 Å². The first-order valence-electron chi connectivity index (χ1n) is 8.56. The van der Waals surface area contributed by atoms with Crippen LogP contribution >= 0.6 is 11.6 Å². The number of halogens is 1. The number of urea groups is 1. The molecule has 0 bridgehead atoms. The molecular weight excluding hydrogens is 344 g/mol. The number of amides is 2. The van der Waals surface area contributed by atoms with E-state index >= 15 is 0 Å². The van der Waals surface area contributed by atoms with Crippen LogP contribution in [0.4, 0.5) is 4.79 Å². The summed E-state index contributed by atoms with van der Waals surface area (Å²) >= 11 is 5.91. The molecule has 3 aromatic carbocycles. The van der Waals surface area contributed by atoms with Gasteiger partial charge in [0.2, 0.25) is 0 Å². The largest absolute Gasteiger partial charge is 0.334 e. The Morgan fingerprint density at radius 1 is 0.731 bits per heavy atom. The number of carbonyl (C=O) groups is 1. The molecule has 0 fully saturated rings. The minimum absolute atomic E-state index is 0.0901. The maximum absolute atomic E-state index is 12.8. The summed E-state index contributed by atoms with van der Waals surface area (Å²) in [5.41, 5.74) is 3.22. The van der Waals surface area contributed by atoms with Crippen molar-refractivity contribution in [3.05, 3.63) is 107 Å². The van der Waals surface area contributed by atoms with Gasteiger partial charge in [-0.15, -0.1) is 0 Å². The Labute approximate surface area is 159 Å². The van der Waals surface area contributed by atoms with E-state index in [9.17, 15) is 4.79 Å². The van der Waals surface area contributed by atoms with Gasteiger partial charge in [0.15, 0.2) is 0 Å². The second kappa shape index (κ2) is 9.07. The van der Waals surface area contributed by atoms with Crippen LogP contribution in [0.1, 0.15) is 16.7 Å². The predicted molar refractivity (Wildman–Crippen MR) is 106 cm³/mol. The van der Waals surface area contributed by atoms with Crippen molar-refractivity contribution in [3.8, 4) is 0 Å². The van der Waals surface area contributed by atoms with E-state index in [0.29, 0.717) is 24.7 Å². The first-order chi connectivity index (χ1) is 12.7. The highest BCUT2D eigenvalue weighted by Gasteiger charge is 2.14. The van der Waals surface area contributed by atoms with Crippen LogP contribution in [0, 0.1) is 0 Å². The third-order valence-corrected chi connectivity index (χ3v) is 4.33. The van der Waals surface area contributed by atoms with Gasteiger partial charge in [0.1, 0.15) is 0 Å². The molecule has 132 valence electrons. The van der Waals surface area contributed by atoms with Crippen molar-refractivity contribution < 1.29 is 4.79 Å². The molecule has 0 spiro atoms. The van der Waals surface area contributed by atoms with Crippen LogP contribution in [0.3, 0.4) is 0 Å². The minimum atomic E-state index is -0.0901. The highest BCUT2D eigenvalue weighted by atomic mass is 35.5. The van der Waals surface area contributed by atoms with Crippen LogP contribution in [-0.4, -0.2) is 10.9 Å². The fraction of sp³-hybridized carbons (Fsp3) is 0.136. The highest BCUT2D eigenvalue weighted by molar-refractivity contribution is 6.30. The number of carbonyl (C=O) groups excluding carboxylic acids is 1. The van der Waals surface area contributed by atoms with Gasteiger partial charge in [0.05, 0.1) is 0 Å². The third-order valence-electron chi connectivity index (χ3n) is 4.08. The Morgan fingerprint density at radius 2 is 1.23 bits per heavy atom. The van der Waals surface area contributed by atoms with E-state index in [-0.39, 0.29) is 6.03 Å². The van der Waals surface area contributed by atoms with Gasteiger partial charge in [0.25, 0.3) is 0 Å². The summed E-state index contributed by atoms with van der Waals surface area (Å²) in [5.74, 6) is 0. The lowest BCUT2D eigenvalue weighted by Crippen LogP contribution is -2.38. The Hall–Kier alpha value is -2.78. The maximum atomic E-state index is 12.8. The standard InChI is InChI=1S/C22H21ClN2O/c23-21-13-11-18(12-14-21)15-24-22(26)25(16-19-7-3-1-4-8-19)17-20-9-5-2-6-10-20/h1-14H,15-17H2,(H,24,26). The van der Waals surface area contributed by atoms with E-state index in [1.54, 1.807) is 0 Å². The van der Waals surface area contributed by atoms with Gasteiger partial charge in [-0.05, 0) is 28.8 Å². The first kappa shape index (κ1) is 18.0. The molecule has 3 aromatic rings. The molecule has 0 unspecified atom stereocenters. The molecule has 3 nitrogen and oxygen atoms in total. The molecule has 26 heavy (non-hydrogen) atoms. The number of nitrogens with zero attached hydrogens (tertiary/aromatic N) is 1. The SMILES string of the molecule is O=C(NCc1ccc(Cl)cc1)N(Cc1ccccc1)Cc1ccccc1. The van der Waals surface area contributed by atoms with E-state index in [1.807, 2.05) is 89.8 Å². The van der Waals surface area contributed by atoms with E-state index in [0.717, 1.165) is 16.7 Å². The molecule has 0 heterocycles. The van der Waals surface area contributed by atoms with Gasteiger partial charge < -0.3 is 10.2 Å². The molecule has 0 aliphatic carbocycles. The van der Waals surface area contributed by atoms with Crippen molar-refractivity contribution in [1.29, 1.82) is 0 Å². The quantitative estimate of drug-likeness (QED) is 0.636. The zero-order chi connectivity index (χ0) is 18.2. The molecular formula is C22H21ClN2O. The Kier molecular flexibility index (Phi) is 6.29. The second-order valence-corrected chi connectivity index (χ2v) is 6.55. The molecule has 3 rings (SSSR count). The molecule has 0 atom stereocenters. The van der Waals surface area contributed by atoms with Crippen molar-refractivity contribution in [2.45, 2.75) is 19.6 Å². The number of rotatable bonds is 6. The summed E-state index contributed by atoms with van der Waals surface area (Å²) in [6.07, 6.45) is 0.